The first kappa shape index (κ1) is 24.7. The molecule has 0 aromatic carbocycles. The Kier molecular flexibility index (Phi) is 14.1. The fraction of sp³-hybridized carbons (Fsp3) is 0.750. The van der Waals surface area contributed by atoms with Gasteiger partial charge in [-0.2, -0.15) is 0 Å². The molecule has 0 aliphatic rings. The average molecular weight is 378 g/mol. The molecular weight excluding hydrogens is 352 g/mol. The molecule has 0 rings (SSSR count). The first-order chi connectivity index (χ1) is 12.3. The molecular formula is C16H26O10. The summed E-state index contributed by atoms with van der Waals surface area (Å²) >= 11 is 0. The molecule has 0 aliphatic heterocycles. The molecule has 0 fully saturated rings. The quantitative estimate of drug-likeness (QED) is 0.121. The van der Waals surface area contributed by atoms with E-state index in [2.05, 4.69) is 23.7 Å². The van der Waals surface area contributed by atoms with Crippen molar-refractivity contribution >= 4 is 0 Å². The van der Waals surface area contributed by atoms with Gasteiger partial charge in [-0.15, -0.1) is 0 Å². The van der Waals surface area contributed by atoms with Gasteiger partial charge >= 0.3 is 0 Å². The maximum absolute atomic E-state index is 9.45. The van der Waals surface area contributed by atoms with Crippen molar-refractivity contribution in [3.8, 4) is 23.7 Å². The Morgan fingerprint density at radius 3 is 1.23 bits per heavy atom. The van der Waals surface area contributed by atoms with Crippen LogP contribution in [0.3, 0.4) is 0 Å². The average Bonchev–Trinajstić information content (AvgIpc) is 2.66. The summed E-state index contributed by atoms with van der Waals surface area (Å²) in [5.74, 6) is 9.87. The molecule has 0 heterocycles. The first-order valence-corrected chi connectivity index (χ1v) is 7.76. The van der Waals surface area contributed by atoms with Crippen molar-refractivity contribution in [2.75, 3.05) is 39.6 Å². The van der Waals surface area contributed by atoms with Crippen molar-refractivity contribution in [3.05, 3.63) is 0 Å². The first-order valence-electron chi connectivity index (χ1n) is 7.76. The summed E-state index contributed by atoms with van der Waals surface area (Å²) in [6.07, 6.45) is -8.72. The van der Waals surface area contributed by atoms with E-state index < -0.39 is 49.8 Å². The molecule has 150 valence electrons. The zero-order chi connectivity index (χ0) is 19.9. The van der Waals surface area contributed by atoms with Gasteiger partial charge in [0, 0.05) is 0 Å². The number of hydrogen-bond donors (Lipinski definition) is 8. The van der Waals surface area contributed by atoms with Gasteiger partial charge in [-0.1, -0.05) is 11.8 Å². The third-order valence-electron chi connectivity index (χ3n) is 3.12. The minimum absolute atomic E-state index is 0.0848. The van der Waals surface area contributed by atoms with E-state index in [1.165, 1.54) is 0 Å². The lowest BCUT2D eigenvalue weighted by Gasteiger charge is -2.20. The van der Waals surface area contributed by atoms with E-state index in [4.69, 9.17) is 29.9 Å². The topological polar surface area (TPSA) is 180 Å². The Hall–Kier alpha value is -1.28. The maximum atomic E-state index is 9.45. The summed E-state index contributed by atoms with van der Waals surface area (Å²) in [5.41, 5.74) is 0. The third-order valence-corrected chi connectivity index (χ3v) is 3.12. The van der Waals surface area contributed by atoms with Crippen LogP contribution in [0.1, 0.15) is 0 Å². The van der Waals surface area contributed by atoms with Crippen molar-refractivity contribution in [1.82, 2.24) is 0 Å². The smallest absolute Gasteiger partial charge is 0.110 e. The highest BCUT2D eigenvalue weighted by Crippen LogP contribution is 2.01. The molecule has 10 nitrogen and oxygen atoms in total. The van der Waals surface area contributed by atoms with Crippen molar-refractivity contribution in [1.29, 1.82) is 0 Å². The van der Waals surface area contributed by atoms with Gasteiger partial charge in [-0.3, -0.25) is 0 Å². The van der Waals surface area contributed by atoms with Gasteiger partial charge in [0.15, 0.2) is 0 Å². The molecule has 0 unspecified atom stereocenters. The van der Waals surface area contributed by atoms with Crippen LogP contribution in [-0.2, 0) is 9.47 Å². The second-order valence-electron chi connectivity index (χ2n) is 5.25. The van der Waals surface area contributed by atoms with Crippen LogP contribution >= 0.6 is 0 Å². The molecule has 0 spiro atoms. The zero-order valence-electron chi connectivity index (χ0n) is 14.1. The molecule has 6 atom stereocenters. The lowest BCUT2D eigenvalue weighted by atomic mass is 10.1. The molecule has 0 aliphatic carbocycles. The Morgan fingerprint density at radius 1 is 0.577 bits per heavy atom. The standard InChI is InChI=1S/C16H26O10/c17-7-11(19)15(23)13(21)9-25-5-3-1-2-4-6-26-10-14(22)16(24)12(20)8-18/h11-24H,5-10H2/t11-,12-,13-,14-,15-,16-/m1/s1. The number of hydrogen-bond acceptors (Lipinski definition) is 10. The summed E-state index contributed by atoms with van der Waals surface area (Å²) in [5, 5.41) is 73.1. The van der Waals surface area contributed by atoms with Crippen LogP contribution in [0.4, 0.5) is 0 Å². The Morgan fingerprint density at radius 2 is 0.923 bits per heavy atom. The van der Waals surface area contributed by atoms with E-state index in [1.807, 2.05) is 0 Å². The second kappa shape index (κ2) is 14.8. The van der Waals surface area contributed by atoms with E-state index in [9.17, 15) is 20.4 Å². The molecule has 8 N–H and O–H groups in total. The van der Waals surface area contributed by atoms with Crippen molar-refractivity contribution < 1.29 is 50.3 Å². The SMILES string of the molecule is OC[C@@H](O)[C@@H](O)[C@H](O)COCC#CC#CCOC[C@@H](O)[C@H](O)[C@H](O)CO. The van der Waals surface area contributed by atoms with Crippen LogP contribution in [0.15, 0.2) is 0 Å². The number of aliphatic hydroxyl groups excluding tert-OH is 8. The van der Waals surface area contributed by atoms with Crippen LogP contribution in [0.25, 0.3) is 0 Å². The summed E-state index contributed by atoms with van der Waals surface area (Å²) in [4.78, 5) is 0. The number of aliphatic hydroxyl groups is 8. The van der Waals surface area contributed by atoms with Gasteiger partial charge in [0.2, 0.25) is 0 Å². The summed E-state index contributed by atoms with van der Waals surface area (Å²) < 4.78 is 9.90. The minimum Gasteiger partial charge on any atom is -0.394 e. The fourth-order valence-electron chi connectivity index (χ4n) is 1.55. The highest BCUT2D eigenvalue weighted by atomic mass is 16.5. The van der Waals surface area contributed by atoms with Crippen LogP contribution in [-0.4, -0.2) is 117 Å². The molecule has 0 saturated carbocycles. The third kappa shape index (κ3) is 10.7. The number of ether oxygens (including phenoxy) is 2. The van der Waals surface area contributed by atoms with Crippen LogP contribution in [0, 0.1) is 23.7 Å². The number of rotatable bonds is 12. The predicted molar refractivity (Wildman–Crippen MR) is 87.4 cm³/mol. The Balaban J connectivity index is 3.87. The van der Waals surface area contributed by atoms with Crippen LogP contribution in [0.5, 0.6) is 0 Å². The van der Waals surface area contributed by atoms with Gasteiger partial charge < -0.3 is 50.3 Å². The van der Waals surface area contributed by atoms with Crippen molar-refractivity contribution in [2.24, 2.45) is 0 Å². The van der Waals surface area contributed by atoms with Crippen LogP contribution < -0.4 is 0 Å². The molecule has 0 radical (unpaired) electrons. The summed E-state index contributed by atoms with van der Waals surface area (Å²) in [6.45, 7) is -2.12. The van der Waals surface area contributed by atoms with Gasteiger partial charge in [-0.05, 0) is 11.8 Å². The molecule has 0 amide bonds. The predicted octanol–water partition coefficient (Wildman–Crippen LogP) is -4.82. The highest BCUT2D eigenvalue weighted by molar-refractivity contribution is 5.26. The van der Waals surface area contributed by atoms with Crippen molar-refractivity contribution in [3.63, 3.8) is 0 Å². The Labute approximate surface area is 151 Å². The Bertz CT molecular complexity index is 433. The van der Waals surface area contributed by atoms with Crippen molar-refractivity contribution in [2.45, 2.75) is 36.6 Å². The molecule has 0 saturated heterocycles. The van der Waals surface area contributed by atoms with Gasteiger partial charge in [0.25, 0.3) is 0 Å². The zero-order valence-corrected chi connectivity index (χ0v) is 14.1. The van der Waals surface area contributed by atoms with Crippen LogP contribution in [0.2, 0.25) is 0 Å². The maximum Gasteiger partial charge on any atom is 0.110 e. The normalized spacial score (nSPS) is 17.7. The largest absolute Gasteiger partial charge is 0.394 e. The van der Waals surface area contributed by atoms with E-state index >= 15 is 0 Å². The van der Waals surface area contributed by atoms with E-state index in [0.717, 1.165) is 0 Å². The molecule has 10 heteroatoms. The van der Waals surface area contributed by atoms with E-state index in [0.29, 0.717) is 0 Å². The fourth-order valence-corrected chi connectivity index (χ4v) is 1.55. The molecule has 0 aromatic heterocycles. The lowest BCUT2D eigenvalue weighted by Crippen LogP contribution is -2.41. The van der Waals surface area contributed by atoms with E-state index in [1.54, 1.807) is 0 Å². The van der Waals surface area contributed by atoms with Gasteiger partial charge in [-0.25, -0.2) is 0 Å². The van der Waals surface area contributed by atoms with Gasteiger partial charge in [0.05, 0.1) is 26.4 Å². The molecule has 0 bridgehead atoms. The molecule has 0 aromatic rings. The second-order valence-corrected chi connectivity index (χ2v) is 5.25. The lowest BCUT2D eigenvalue weighted by molar-refractivity contribution is -0.0971. The molecule has 26 heavy (non-hydrogen) atoms. The summed E-state index contributed by atoms with van der Waals surface area (Å²) in [6, 6.07) is 0. The highest BCUT2D eigenvalue weighted by Gasteiger charge is 2.24. The van der Waals surface area contributed by atoms with E-state index in [-0.39, 0.29) is 26.4 Å². The summed E-state index contributed by atoms with van der Waals surface area (Å²) in [7, 11) is 0. The van der Waals surface area contributed by atoms with Gasteiger partial charge in [0.1, 0.15) is 49.8 Å². The monoisotopic (exact) mass is 378 g/mol. The minimum atomic E-state index is -1.53.